The second-order valence-electron chi connectivity index (χ2n) is 6.00. The van der Waals surface area contributed by atoms with Crippen molar-refractivity contribution in [3.63, 3.8) is 0 Å². The van der Waals surface area contributed by atoms with Gasteiger partial charge in [0.15, 0.2) is 0 Å². The largest absolute Gasteiger partial charge is 0.340 e. The number of carbonyl (C=O) groups excluding carboxylic acids is 1. The SMILES string of the molecule is CC(C)[C@H](NC(=O)c1ccccc1F)c1nc(-c2ccccc2)no1. The molecular formula is C19H18FN3O2. The monoisotopic (exact) mass is 339 g/mol. The van der Waals surface area contributed by atoms with Crippen molar-refractivity contribution in [2.24, 2.45) is 5.92 Å². The summed E-state index contributed by atoms with van der Waals surface area (Å²) in [6.07, 6.45) is 0. The van der Waals surface area contributed by atoms with Crippen LogP contribution in [0.3, 0.4) is 0 Å². The van der Waals surface area contributed by atoms with E-state index in [9.17, 15) is 9.18 Å². The van der Waals surface area contributed by atoms with Crippen LogP contribution >= 0.6 is 0 Å². The summed E-state index contributed by atoms with van der Waals surface area (Å²) in [5, 5.41) is 6.76. The number of nitrogens with one attached hydrogen (secondary N) is 1. The Morgan fingerprint density at radius 1 is 1.08 bits per heavy atom. The lowest BCUT2D eigenvalue weighted by Gasteiger charge is -2.18. The van der Waals surface area contributed by atoms with Crippen molar-refractivity contribution < 1.29 is 13.7 Å². The minimum absolute atomic E-state index is 0.0141. The standard InChI is InChI=1S/C19H18FN3O2/c1-12(2)16(21-18(24)14-10-6-7-11-15(14)20)19-22-17(23-25-19)13-8-4-3-5-9-13/h3-12,16H,1-2H3,(H,21,24)/t16-/m0/s1. The Balaban J connectivity index is 1.84. The summed E-state index contributed by atoms with van der Waals surface area (Å²) in [6.45, 7) is 3.83. The van der Waals surface area contributed by atoms with Gasteiger partial charge in [-0.15, -0.1) is 0 Å². The number of halogens is 1. The highest BCUT2D eigenvalue weighted by atomic mass is 19.1. The Kier molecular flexibility index (Phi) is 4.88. The van der Waals surface area contributed by atoms with Crippen molar-refractivity contribution in [1.29, 1.82) is 0 Å². The number of hydrogen-bond donors (Lipinski definition) is 1. The maximum Gasteiger partial charge on any atom is 0.254 e. The molecule has 1 N–H and O–H groups in total. The molecule has 1 aromatic heterocycles. The summed E-state index contributed by atoms with van der Waals surface area (Å²) in [5.74, 6) is -0.367. The number of carbonyl (C=O) groups is 1. The summed E-state index contributed by atoms with van der Waals surface area (Å²) in [6, 6.07) is 14.7. The first-order valence-electron chi connectivity index (χ1n) is 8.00. The third-order valence-corrected chi connectivity index (χ3v) is 3.81. The lowest BCUT2D eigenvalue weighted by Crippen LogP contribution is -2.32. The van der Waals surface area contributed by atoms with Gasteiger partial charge in [-0.05, 0) is 18.1 Å². The predicted octanol–water partition coefficient (Wildman–Crippen LogP) is 4.00. The number of nitrogens with zero attached hydrogens (tertiary/aromatic N) is 2. The van der Waals surface area contributed by atoms with Crippen LogP contribution in [0.15, 0.2) is 59.1 Å². The molecule has 0 radical (unpaired) electrons. The van der Waals surface area contributed by atoms with Crippen LogP contribution in [0.4, 0.5) is 4.39 Å². The van der Waals surface area contributed by atoms with Crippen LogP contribution < -0.4 is 5.32 Å². The Morgan fingerprint density at radius 2 is 1.76 bits per heavy atom. The number of hydrogen-bond acceptors (Lipinski definition) is 4. The molecule has 0 spiro atoms. The molecule has 128 valence electrons. The third kappa shape index (κ3) is 3.74. The van der Waals surface area contributed by atoms with Gasteiger partial charge in [-0.3, -0.25) is 4.79 Å². The topological polar surface area (TPSA) is 68.0 Å². The molecule has 1 atom stereocenters. The molecule has 2 aromatic carbocycles. The van der Waals surface area contributed by atoms with Crippen LogP contribution in [0, 0.1) is 11.7 Å². The van der Waals surface area contributed by atoms with Crippen molar-refractivity contribution in [3.8, 4) is 11.4 Å². The van der Waals surface area contributed by atoms with Crippen LogP contribution in [0.5, 0.6) is 0 Å². The van der Waals surface area contributed by atoms with E-state index in [0.29, 0.717) is 11.7 Å². The Hall–Kier alpha value is -3.02. The van der Waals surface area contributed by atoms with Gasteiger partial charge in [-0.1, -0.05) is 61.5 Å². The lowest BCUT2D eigenvalue weighted by molar-refractivity contribution is 0.0910. The van der Waals surface area contributed by atoms with E-state index in [1.54, 1.807) is 6.07 Å². The van der Waals surface area contributed by atoms with Gasteiger partial charge in [0.25, 0.3) is 5.91 Å². The van der Waals surface area contributed by atoms with Crippen molar-refractivity contribution in [2.75, 3.05) is 0 Å². The predicted molar refractivity (Wildman–Crippen MR) is 91.2 cm³/mol. The van der Waals surface area contributed by atoms with E-state index in [4.69, 9.17) is 4.52 Å². The molecule has 0 saturated carbocycles. The van der Waals surface area contributed by atoms with Gasteiger partial charge in [0.05, 0.1) is 5.56 Å². The third-order valence-electron chi connectivity index (χ3n) is 3.81. The molecule has 0 bridgehead atoms. The number of rotatable bonds is 5. The fourth-order valence-corrected chi connectivity index (χ4v) is 2.44. The molecular weight excluding hydrogens is 321 g/mol. The maximum atomic E-state index is 13.8. The normalized spacial score (nSPS) is 12.2. The van der Waals surface area contributed by atoms with E-state index in [0.717, 1.165) is 5.56 Å². The Morgan fingerprint density at radius 3 is 2.44 bits per heavy atom. The van der Waals surface area contributed by atoms with Crippen LogP contribution in [-0.2, 0) is 0 Å². The molecule has 1 heterocycles. The minimum Gasteiger partial charge on any atom is -0.340 e. The second kappa shape index (κ2) is 7.25. The molecule has 3 rings (SSSR count). The molecule has 5 nitrogen and oxygen atoms in total. The fraction of sp³-hybridized carbons (Fsp3) is 0.211. The molecule has 0 saturated heterocycles. The van der Waals surface area contributed by atoms with Gasteiger partial charge >= 0.3 is 0 Å². The smallest absolute Gasteiger partial charge is 0.254 e. The van der Waals surface area contributed by atoms with Crippen molar-refractivity contribution in [1.82, 2.24) is 15.5 Å². The highest BCUT2D eigenvalue weighted by Gasteiger charge is 2.26. The van der Waals surface area contributed by atoms with E-state index < -0.39 is 17.8 Å². The van der Waals surface area contributed by atoms with Gasteiger partial charge in [-0.2, -0.15) is 4.98 Å². The van der Waals surface area contributed by atoms with E-state index in [2.05, 4.69) is 15.5 Å². The fourth-order valence-electron chi connectivity index (χ4n) is 2.44. The molecule has 6 heteroatoms. The Bertz CT molecular complexity index is 862. The molecule has 1 amide bonds. The molecule has 0 aliphatic rings. The first-order valence-corrected chi connectivity index (χ1v) is 8.00. The van der Waals surface area contributed by atoms with Gasteiger partial charge in [0.2, 0.25) is 11.7 Å². The van der Waals surface area contributed by atoms with Crippen LogP contribution in [0.25, 0.3) is 11.4 Å². The second-order valence-corrected chi connectivity index (χ2v) is 6.00. The average Bonchev–Trinajstić information content (AvgIpc) is 3.10. The molecule has 0 aliphatic heterocycles. The van der Waals surface area contributed by atoms with E-state index in [1.165, 1.54) is 18.2 Å². The zero-order valence-electron chi connectivity index (χ0n) is 13.9. The van der Waals surface area contributed by atoms with Crippen molar-refractivity contribution in [2.45, 2.75) is 19.9 Å². The highest BCUT2D eigenvalue weighted by Crippen LogP contribution is 2.24. The summed E-state index contributed by atoms with van der Waals surface area (Å²) < 4.78 is 19.1. The van der Waals surface area contributed by atoms with Crippen molar-refractivity contribution >= 4 is 5.91 Å². The molecule has 0 unspecified atom stereocenters. The van der Waals surface area contributed by atoms with Crippen LogP contribution in [0.1, 0.15) is 36.1 Å². The van der Waals surface area contributed by atoms with Gasteiger partial charge in [0, 0.05) is 5.56 Å². The van der Waals surface area contributed by atoms with Crippen LogP contribution in [-0.4, -0.2) is 16.0 Å². The summed E-state index contributed by atoms with van der Waals surface area (Å²) in [5.41, 5.74) is 0.802. The molecule has 0 aliphatic carbocycles. The zero-order chi connectivity index (χ0) is 17.8. The van der Waals surface area contributed by atoms with E-state index >= 15 is 0 Å². The van der Waals surface area contributed by atoms with Gasteiger partial charge in [-0.25, -0.2) is 4.39 Å². The lowest BCUT2D eigenvalue weighted by atomic mass is 10.0. The Labute approximate surface area is 144 Å². The molecule has 25 heavy (non-hydrogen) atoms. The van der Waals surface area contributed by atoms with E-state index in [1.807, 2.05) is 44.2 Å². The first-order chi connectivity index (χ1) is 12.1. The number of amides is 1. The molecule has 0 fully saturated rings. The van der Waals surface area contributed by atoms with E-state index in [-0.39, 0.29) is 11.5 Å². The van der Waals surface area contributed by atoms with Gasteiger partial charge < -0.3 is 9.84 Å². The maximum absolute atomic E-state index is 13.8. The minimum atomic E-state index is -0.571. The zero-order valence-corrected chi connectivity index (χ0v) is 13.9. The first kappa shape index (κ1) is 16.8. The summed E-state index contributed by atoms with van der Waals surface area (Å²) in [7, 11) is 0. The average molecular weight is 339 g/mol. The molecule has 3 aromatic rings. The van der Waals surface area contributed by atoms with Crippen LogP contribution in [0.2, 0.25) is 0 Å². The summed E-state index contributed by atoms with van der Waals surface area (Å²) >= 11 is 0. The summed E-state index contributed by atoms with van der Waals surface area (Å²) in [4.78, 5) is 16.8. The quantitative estimate of drug-likeness (QED) is 0.763. The number of benzene rings is 2. The highest BCUT2D eigenvalue weighted by molar-refractivity contribution is 5.94. The van der Waals surface area contributed by atoms with Gasteiger partial charge in [0.1, 0.15) is 11.9 Å². The van der Waals surface area contributed by atoms with Crippen molar-refractivity contribution in [3.05, 3.63) is 71.9 Å². The number of aromatic nitrogens is 2.